The molecule has 3 rings (SSSR count). The number of aryl methyl sites for hydroxylation is 1. The Balaban J connectivity index is 1.26. The van der Waals surface area contributed by atoms with Crippen LogP contribution in [-0.4, -0.2) is 62.3 Å². The summed E-state index contributed by atoms with van der Waals surface area (Å²) in [6, 6.07) is 0. The Kier molecular flexibility index (Phi) is 6.70. The van der Waals surface area contributed by atoms with Crippen LogP contribution < -0.4 is 5.32 Å². The van der Waals surface area contributed by atoms with Crippen LogP contribution in [-0.2, 0) is 11.2 Å². The summed E-state index contributed by atoms with van der Waals surface area (Å²) in [7, 11) is 0. The highest BCUT2D eigenvalue weighted by molar-refractivity contribution is 5.75. The molecule has 1 aliphatic heterocycles. The Bertz CT molecular complexity index is 670. The normalized spacial score (nSPS) is 18.1. The fourth-order valence-electron chi connectivity index (χ4n) is 3.25. The monoisotopic (exact) mass is 361 g/mol. The van der Waals surface area contributed by atoms with E-state index in [1.165, 1.54) is 32.3 Å². The third-order valence-corrected chi connectivity index (χ3v) is 4.63. The van der Waals surface area contributed by atoms with Crippen molar-refractivity contribution in [2.24, 2.45) is 5.92 Å². The number of carbonyl (C=O) groups is 1. The third kappa shape index (κ3) is 5.62. The molecule has 9 nitrogen and oxygen atoms in total. The number of rotatable bonds is 9. The van der Waals surface area contributed by atoms with Crippen molar-refractivity contribution in [3.63, 3.8) is 0 Å². The first-order valence-corrected chi connectivity index (χ1v) is 9.38. The van der Waals surface area contributed by atoms with Crippen molar-refractivity contribution in [1.29, 1.82) is 0 Å². The molecule has 1 amide bonds. The number of hydrogen-bond acceptors (Lipinski definition) is 7. The Morgan fingerprint density at radius 2 is 2.38 bits per heavy atom. The summed E-state index contributed by atoms with van der Waals surface area (Å²) >= 11 is 0. The van der Waals surface area contributed by atoms with Gasteiger partial charge in [0, 0.05) is 25.9 Å². The second kappa shape index (κ2) is 9.42. The molecule has 142 valence electrons. The summed E-state index contributed by atoms with van der Waals surface area (Å²) in [5, 5.41) is 13.2. The Labute approximate surface area is 153 Å². The van der Waals surface area contributed by atoms with Gasteiger partial charge in [0.2, 0.25) is 17.6 Å². The van der Waals surface area contributed by atoms with Crippen LogP contribution in [0.3, 0.4) is 0 Å². The number of carbonyl (C=O) groups excluding carboxylic acids is 1. The van der Waals surface area contributed by atoms with E-state index in [0.29, 0.717) is 30.4 Å². The number of likely N-dealkylation sites (tertiary alicyclic amines) is 1. The molecule has 1 saturated heterocycles. The van der Waals surface area contributed by atoms with Crippen LogP contribution in [0.4, 0.5) is 0 Å². The van der Waals surface area contributed by atoms with Gasteiger partial charge in [-0.05, 0) is 44.7 Å². The van der Waals surface area contributed by atoms with Crippen molar-refractivity contribution in [3.05, 3.63) is 12.2 Å². The van der Waals surface area contributed by atoms with Gasteiger partial charge in [-0.2, -0.15) is 10.1 Å². The van der Waals surface area contributed by atoms with Gasteiger partial charge in [0.15, 0.2) is 5.82 Å². The van der Waals surface area contributed by atoms with Crippen LogP contribution >= 0.6 is 0 Å². The lowest BCUT2D eigenvalue weighted by molar-refractivity contribution is -0.121. The number of hydrogen-bond donors (Lipinski definition) is 2. The van der Waals surface area contributed by atoms with E-state index < -0.39 is 0 Å². The quantitative estimate of drug-likeness (QED) is 0.649. The molecule has 2 aromatic heterocycles. The van der Waals surface area contributed by atoms with Crippen LogP contribution in [0, 0.1) is 5.92 Å². The van der Waals surface area contributed by atoms with Gasteiger partial charge >= 0.3 is 0 Å². The van der Waals surface area contributed by atoms with Gasteiger partial charge in [-0.1, -0.05) is 12.1 Å². The van der Waals surface area contributed by atoms with E-state index in [1.807, 2.05) is 0 Å². The third-order valence-electron chi connectivity index (χ3n) is 4.63. The van der Waals surface area contributed by atoms with Gasteiger partial charge < -0.3 is 14.7 Å². The van der Waals surface area contributed by atoms with E-state index >= 15 is 0 Å². The SMILES string of the molecule is CC1CCCN(CCCCNC(=O)CCc2nc(-c3ncn[nH]3)no2)C1. The number of nitrogens with zero attached hydrogens (tertiary/aromatic N) is 5. The summed E-state index contributed by atoms with van der Waals surface area (Å²) in [6.07, 6.45) is 6.92. The van der Waals surface area contributed by atoms with E-state index in [9.17, 15) is 4.79 Å². The van der Waals surface area contributed by atoms with Gasteiger partial charge in [-0.25, -0.2) is 4.98 Å². The Morgan fingerprint density at radius 3 is 3.19 bits per heavy atom. The molecule has 3 heterocycles. The summed E-state index contributed by atoms with van der Waals surface area (Å²) < 4.78 is 5.12. The summed E-state index contributed by atoms with van der Waals surface area (Å²) in [6.45, 7) is 6.61. The molecule has 0 radical (unpaired) electrons. The molecule has 1 fully saturated rings. The number of piperidine rings is 1. The largest absolute Gasteiger partial charge is 0.356 e. The van der Waals surface area contributed by atoms with Gasteiger partial charge in [-0.15, -0.1) is 0 Å². The standard InChI is InChI=1S/C17H27N7O2/c1-13-5-4-10-24(11-13)9-3-2-8-18-14(25)6-7-15-21-17(23-26-15)16-19-12-20-22-16/h12-13H,2-11H2,1H3,(H,18,25)(H,19,20,22). The molecule has 9 heteroatoms. The van der Waals surface area contributed by atoms with Crippen molar-refractivity contribution >= 4 is 5.91 Å². The first-order chi connectivity index (χ1) is 12.7. The highest BCUT2D eigenvalue weighted by Gasteiger charge is 2.15. The number of nitrogens with one attached hydrogen (secondary N) is 2. The minimum absolute atomic E-state index is 0.0102. The molecule has 26 heavy (non-hydrogen) atoms. The molecule has 0 bridgehead atoms. The molecule has 2 N–H and O–H groups in total. The fourth-order valence-corrected chi connectivity index (χ4v) is 3.25. The van der Waals surface area contributed by atoms with Crippen LogP contribution in [0.25, 0.3) is 11.6 Å². The number of aromatic amines is 1. The van der Waals surface area contributed by atoms with Gasteiger partial charge in [0.05, 0.1) is 0 Å². The molecular weight excluding hydrogens is 334 g/mol. The van der Waals surface area contributed by atoms with E-state index in [2.05, 4.69) is 42.5 Å². The van der Waals surface area contributed by atoms with E-state index in [4.69, 9.17) is 4.52 Å². The molecule has 0 aromatic carbocycles. The topological polar surface area (TPSA) is 113 Å². The molecular formula is C17H27N7O2. The van der Waals surface area contributed by atoms with Crippen molar-refractivity contribution in [1.82, 2.24) is 35.5 Å². The molecule has 1 atom stereocenters. The predicted octanol–water partition coefficient (Wildman–Crippen LogP) is 1.42. The summed E-state index contributed by atoms with van der Waals surface area (Å²) in [5.41, 5.74) is 0. The van der Waals surface area contributed by atoms with Crippen molar-refractivity contribution in [2.45, 2.75) is 45.4 Å². The number of amides is 1. The van der Waals surface area contributed by atoms with E-state index in [-0.39, 0.29) is 5.91 Å². The second-order valence-corrected chi connectivity index (χ2v) is 6.95. The maximum Gasteiger partial charge on any atom is 0.239 e. The van der Waals surface area contributed by atoms with Crippen LogP contribution in [0.15, 0.2) is 10.9 Å². The maximum absolute atomic E-state index is 11.9. The first-order valence-electron chi connectivity index (χ1n) is 9.38. The lowest BCUT2D eigenvalue weighted by Gasteiger charge is -2.30. The van der Waals surface area contributed by atoms with Crippen LogP contribution in [0.5, 0.6) is 0 Å². The number of aromatic nitrogens is 5. The summed E-state index contributed by atoms with van der Waals surface area (Å²) in [4.78, 5) is 22.6. The highest BCUT2D eigenvalue weighted by Crippen LogP contribution is 2.15. The fraction of sp³-hybridized carbons (Fsp3) is 0.706. The van der Waals surface area contributed by atoms with Crippen LogP contribution in [0.2, 0.25) is 0 Å². The molecule has 1 aliphatic rings. The lowest BCUT2D eigenvalue weighted by atomic mass is 10.0. The maximum atomic E-state index is 11.9. The first kappa shape index (κ1) is 18.5. The Morgan fingerprint density at radius 1 is 1.46 bits per heavy atom. The van der Waals surface area contributed by atoms with Gasteiger partial charge in [-0.3, -0.25) is 9.89 Å². The molecule has 0 saturated carbocycles. The minimum atomic E-state index is 0.0102. The van der Waals surface area contributed by atoms with E-state index in [0.717, 1.165) is 31.8 Å². The zero-order valence-electron chi connectivity index (χ0n) is 15.3. The van der Waals surface area contributed by atoms with Gasteiger partial charge in [0.1, 0.15) is 6.33 Å². The van der Waals surface area contributed by atoms with Crippen molar-refractivity contribution < 1.29 is 9.32 Å². The zero-order valence-corrected chi connectivity index (χ0v) is 15.3. The van der Waals surface area contributed by atoms with Crippen molar-refractivity contribution in [2.75, 3.05) is 26.2 Å². The van der Waals surface area contributed by atoms with E-state index in [1.54, 1.807) is 0 Å². The van der Waals surface area contributed by atoms with Gasteiger partial charge in [0.25, 0.3) is 0 Å². The van der Waals surface area contributed by atoms with Crippen molar-refractivity contribution in [3.8, 4) is 11.6 Å². The molecule has 0 spiro atoms. The van der Waals surface area contributed by atoms with Crippen LogP contribution in [0.1, 0.15) is 44.9 Å². The predicted molar refractivity (Wildman–Crippen MR) is 95.1 cm³/mol. The molecule has 2 aromatic rings. The number of unbranched alkanes of at least 4 members (excludes halogenated alkanes) is 1. The lowest BCUT2D eigenvalue weighted by Crippen LogP contribution is -2.35. The molecule has 1 unspecified atom stereocenters. The highest BCUT2D eigenvalue weighted by atomic mass is 16.5. The second-order valence-electron chi connectivity index (χ2n) is 6.95. The number of H-pyrrole nitrogens is 1. The average molecular weight is 361 g/mol. The average Bonchev–Trinajstić information content (AvgIpc) is 3.31. The summed E-state index contributed by atoms with van der Waals surface area (Å²) in [5.74, 6) is 2.05. The molecule has 0 aliphatic carbocycles. The zero-order chi connectivity index (χ0) is 18.2. The Hall–Kier alpha value is -2.29. The minimum Gasteiger partial charge on any atom is -0.356 e. The smallest absolute Gasteiger partial charge is 0.239 e.